The Balaban J connectivity index is 0.00000139. The molecule has 1 unspecified atom stereocenters. The number of nitrogens with zero attached hydrogens (tertiary/aromatic N) is 1. The van der Waals surface area contributed by atoms with Gasteiger partial charge in [0, 0.05) is 31.9 Å². The van der Waals surface area contributed by atoms with Crippen LogP contribution >= 0.6 is 0 Å². The average molecular weight is 337 g/mol. The van der Waals surface area contributed by atoms with E-state index in [0.29, 0.717) is 0 Å². The van der Waals surface area contributed by atoms with Crippen LogP contribution < -0.4 is 5.32 Å². The zero-order valence-electron chi connectivity index (χ0n) is 16.1. The van der Waals surface area contributed by atoms with Crippen LogP contribution in [0.3, 0.4) is 0 Å². The van der Waals surface area contributed by atoms with Gasteiger partial charge in [-0.15, -0.1) is 0 Å². The Kier molecular flexibility index (Phi) is 10.7. The zero-order valence-corrected chi connectivity index (χ0v) is 16.1. The molecule has 1 atom stereocenters. The van der Waals surface area contributed by atoms with Crippen LogP contribution in [0.15, 0.2) is 35.6 Å². The third kappa shape index (κ3) is 7.20. The molecule has 24 heavy (non-hydrogen) atoms. The molecule has 0 aromatic rings. The van der Waals surface area contributed by atoms with E-state index >= 15 is 0 Å². The molecule has 0 spiro atoms. The minimum atomic E-state index is 0.168. The molecule has 0 aromatic carbocycles. The molecule has 0 saturated carbocycles. The fourth-order valence-corrected chi connectivity index (χ4v) is 2.95. The van der Waals surface area contributed by atoms with Crippen molar-refractivity contribution in [2.45, 2.75) is 46.6 Å². The van der Waals surface area contributed by atoms with Gasteiger partial charge in [-0.3, -0.25) is 4.90 Å². The third-order valence-corrected chi connectivity index (χ3v) is 4.45. The fourth-order valence-electron chi connectivity index (χ4n) is 2.95. The molecule has 138 valence electrons. The minimum Gasteiger partial charge on any atom is -0.385 e. The fraction of sp³-hybridized carbons (Fsp3) is 0.700. The lowest BCUT2D eigenvalue weighted by Gasteiger charge is -2.28. The summed E-state index contributed by atoms with van der Waals surface area (Å²) in [5.41, 5.74) is 3.84. The lowest BCUT2D eigenvalue weighted by atomic mass is 9.95. The third-order valence-electron chi connectivity index (χ3n) is 4.45. The number of hydrogen-bond acceptors (Lipinski definition) is 4. The van der Waals surface area contributed by atoms with Gasteiger partial charge in [-0.2, -0.15) is 0 Å². The molecule has 0 aromatic heterocycles. The molecular formula is C20H36N2O2. The first kappa shape index (κ1) is 20.9. The number of hydrogen-bond donors (Lipinski definition) is 1. The van der Waals surface area contributed by atoms with Crippen LogP contribution in [0.5, 0.6) is 0 Å². The van der Waals surface area contributed by atoms with E-state index in [9.17, 15) is 0 Å². The molecule has 0 amide bonds. The molecule has 1 saturated heterocycles. The van der Waals surface area contributed by atoms with E-state index < -0.39 is 0 Å². The Morgan fingerprint density at radius 1 is 1.33 bits per heavy atom. The highest BCUT2D eigenvalue weighted by Crippen LogP contribution is 2.24. The van der Waals surface area contributed by atoms with Crippen molar-refractivity contribution >= 4 is 0 Å². The van der Waals surface area contributed by atoms with E-state index in [-0.39, 0.29) is 6.10 Å². The molecule has 0 bridgehead atoms. The van der Waals surface area contributed by atoms with Crippen molar-refractivity contribution in [3.63, 3.8) is 0 Å². The van der Waals surface area contributed by atoms with E-state index in [4.69, 9.17) is 9.47 Å². The Bertz CT molecular complexity index is 423. The van der Waals surface area contributed by atoms with Crippen LogP contribution in [0.2, 0.25) is 0 Å². The Hall–Kier alpha value is -1.10. The van der Waals surface area contributed by atoms with E-state index in [2.05, 4.69) is 42.8 Å². The van der Waals surface area contributed by atoms with Crippen LogP contribution in [0.25, 0.3) is 0 Å². The highest BCUT2D eigenvalue weighted by atomic mass is 16.5. The summed E-state index contributed by atoms with van der Waals surface area (Å²) in [6.07, 6.45) is 6.49. The molecule has 1 N–H and O–H groups in total. The van der Waals surface area contributed by atoms with Crippen molar-refractivity contribution in [3.8, 4) is 0 Å². The molecular weight excluding hydrogens is 300 g/mol. The average Bonchev–Trinajstić information content (AvgIpc) is 2.62. The second kappa shape index (κ2) is 12.3. The molecule has 0 aliphatic carbocycles. The van der Waals surface area contributed by atoms with Gasteiger partial charge in [-0.05, 0) is 32.3 Å². The van der Waals surface area contributed by atoms with Crippen LogP contribution in [-0.2, 0) is 9.47 Å². The SMILES string of the molecule is C=C1NCCC(CC(/C=C\C)OCCN2CCOCC2)=C1C.CC. The highest BCUT2D eigenvalue weighted by Gasteiger charge is 2.16. The lowest BCUT2D eigenvalue weighted by molar-refractivity contribution is 0.0113. The first-order chi connectivity index (χ1) is 11.7. The van der Waals surface area contributed by atoms with E-state index in [0.717, 1.165) is 64.5 Å². The normalized spacial score (nSPS) is 20.6. The second-order valence-corrected chi connectivity index (χ2v) is 5.98. The standard InChI is InChI=1S/C18H30N2O2.C2H6/c1-4-5-18(14-17-6-7-19-16(3)15(17)2)22-13-10-20-8-11-21-12-9-20;1-2/h4-5,18-19H,3,6-14H2,1-2H3;1-2H3/b5-4-;. The number of ether oxygens (including phenoxy) is 2. The Labute approximate surface area is 148 Å². The summed E-state index contributed by atoms with van der Waals surface area (Å²) in [5.74, 6) is 0. The van der Waals surface area contributed by atoms with Crippen molar-refractivity contribution in [2.75, 3.05) is 46.0 Å². The van der Waals surface area contributed by atoms with Crippen LogP contribution in [0.4, 0.5) is 0 Å². The number of allylic oxidation sites excluding steroid dienone is 2. The van der Waals surface area contributed by atoms with Crippen molar-refractivity contribution in [1.29, 1.82) is 0 Å². The van der Waals surface area contributed by atoms with Gasteiger partial charge >= 0.3 is 0 Å². The van der Waals surface area contributed by atoms with E-state index in [1.807, 2.05) is 13.8 Å². The number of morpholine rings is 1. The van der Waals surface area contributed by atoms with E-state index in [1.165, 1.54) is 11.1 Å². The topological polar surface area (TPSA) is 33.7 Å². The summed E-state index contributed by atoms with van der Waals surface area (Å²) in [6.45, 7) is 18.8. The van der Waals surface area contributed by atoms with Gasteiger partial charge in [0.05, 0.1) is 25.9 Å². The smallest absolute Gasteiger partial charge is 0.0793 e. The molecule has 4 heteroatoms. The van der Waals surface area contributed by atoms with Gasteiger partial charge in [0.1, 0.15) is 0 Å². The predicted molar refractivity (Wildman–Crippen MR) is 102 cm³/mol. The zero-order chi connectivity index (χ0) is 17.8. The molecule has 0 radical (unpaired) electrons. The monoisotopic (exact) mass is 336 g/mol. The van der Waals surface area contributed by atoms with Crippen LogP contribution in [0.1, 0.15) is 40.5 Å². The summed E-state index contributed by atoms with van der Waals surface area (Å²) >= 11 is 0. The maximum Gasteiger partial charge on any atom is 0.0793 e. The molecule has 2 heterocycles. The largest absolute Gasteiger partial charge is 0.385 e. The van der Waals surface area contributed by atoms with Gasteiger partial charge < -0.3 is 14.8 Å². The molecule has 1 fully saturated rings. The van der Waals surface area contributed by atoms with Crippen molar-refractivity contribution in [1.82, 2.24) is 10.2 Å². The first-order valence-electron chi connectivity index (χ1n) is 9.37. The Morgan fingerprint density at radius 2 is 2.04 bits per heavy atom. The first-order valence-corrected chi connectivity index (χ1v) is 9.37. The van der Waals surface area contributed by atoms with Crippen molar-refractivity contribution in [2.24, 2.45) is 0 Å². The quantitative estimate of drug-likeness (QED) is 0.721. The molecule has 2 rings (SSSR count). The van der Waals surface area contributed by atoms with Crippen LogP contribution in [0, 0.1) is 0 Å². The van der Waals surface area contributed by atoms with Gasteiger partial charge in [0.25, 0.3) is 0 Å². The molecule has 4 nitrogen and oxygen atoms in total. The van der Waals surface area contributed by atoms with Gasteiger partial charge in [0.15, 0.2) is 0 Å². The summed E-state index contributed by atoms with van der Waals surface area (Å²) in [7, 11) is 0. The molecule has 2 aliphatic rings. The number of rotatable bonds is 7. The van der Waals surface area contributed by atoms with Crippen LogP contribution in [-0.4, -0.2) is 57.0 Å². The number of nitrogens with one attached hydrogen (secondary N) is 1. The summed E-state index contributed by atoms with van der Waals surface area (Å²) in [6, 6.07) is 0. The minimum absolute atomic E-state index is 0.168. The summed E-state index contributed by atoms with van der Waals surface area (Å²) < 4.78 is 11.5. The highest BCUT2D eigenvalue weighted by molar-refractivity contribution is 5.33. The maximum atomic E-state index is 6.12. The predicted octanol–water partition coefficient (Wildman–Crippen LogP) is 3.52. The van der Waals surface area contributed by atoms with Gasteiger partial charge in [-0.1, -0.05) is 38.2 Å². The summed E-state index contributed by atoms with van der Waals surface area (Å²) in [4.78, 5) is 2.41. The lowest BCUT2D eigenvalue weighted by Crippen LogP contribution is -2.38. The maximum absolute atomic E-state index is 6.12. The summed E-state index contributed by atoms with van der Waals surface area (Å²) in [5, 5.41) is 3.32. The Morgan fingerprint density at radius 3 is 2.71 bits per heavy atom. The van der Waals surface area contributed by atoms with Crippen molar-refractivity contribution < 1.29 is 9.47 Å². The second-order valence-electron chi connectivity index (χ2n) is 5.98. The van der Waals surface area contributed by atoms with E-state index in [1.54, 1.807) is 0 Å². The molecule has 2 aliphatic heterocycles. The van der Waals surface area contributed by atoms with Gasteiger partial charge in [0.2, 0.25) is 0 Å². The van der Waals surface area contributed by atoms with Crippen molar-refractivity contribution in [3.05, 3.63) is 35.6 Å². The van der Waals surface area contributed by atoms with Gasteiger partial charge in [-0.25, -0.2) is 0 Å².